The Bertz CT molecular complexity index is 1190. The van der Waals surface area contributed by atoms with Crippen LogP contribution in [-0.4, -0.2) is 46.5 Å². The average molecular weight is 447 g/mol. The lowest BCUT2D eigenvalue weighted by molar-refractivity contribution is 0.0605. The Morgan fingerprint density at radius 1 is 0.969 bits per heavy atom. The van der Waals surface area contributed by atoms with Crippen molar-refractivity contribution in [1.82, 2.24) is 14.4 Å². The monoisotopic (exact) mass is 446 g/mol. The third kappa shape index (κ3) is 4.75. The highest BCUT2D eigenvalue weighted by Crippen LogP contribution is 2.22. The molecular formula is C25H23ClN4O2. The molecule has 162 valence electrons. The summed E-state index contributed by atoms with van der Waals surface area (Å²) in [6.07, 6.45) is 1.60. The molecule has 1 aliphatic heterocycles. The maximum Gasteiger partial charge on any atom is 0.255 e. The van der Waals surface area contributed by atoms with Crippen molar-refractivity contribution in [2.45, 2.75) is 12.6 Å². The van der Waals surface area contributed by atoms with E-state index in [0.717, 1.165) is 11.1 Å². The molecule has 1 saturated heterocycles. The van der Waals surface area contributed by atoms with E-state index >= 15 is 0 Å². The summed E-state index contributed by atoms with van der Waals surface area (Å²) in [4.78, 5) is 29.3. The van der Waals surface area contributed by atoms with E-state index in [2.05, 4.69) is 11.0 Å². The van der Waals surface area contributed by atoms with Crippen LogP contribution >= 0.6 is 11.6 Å². The van der Waals surface area contributed by atoms with E-state index in [1.54, 1.807) is 23.2 Å². The smallest absolute Gasteiger partial charge is 0.255 e. The zero-order valence-electron chi connectivity index (χ0n) is 17.5. The zero-order chi connectivity index (χ0) is 22.5. The van der Waals surface area contributed by atoms with Crippen LogP contribution in [0.3, 0.4) is 0 Å². The predicted molar refractivity (Wildman–Crippen MR) is 124 cm³/mol. The molecule has 1 amide bonds. The quantitative estimate of drug-likeness (QED) is 0.600. The number of nitriles is 1. The van der Waals surface area contributed by atoms with Gasteiger partial charge in [-0.25, -0.2) is 0 Å². The molecule has 0 radical (unpaired) electrons. The first-order valence-corrected chi connectivity index (χ1v) is 10.9. The summed E-state index contributed by atoms with van der Waals surface area (Å²) in [6, 6.07) is 22.1. The van der Waals surface area contributed by atoms with Gasteiger partial charge in [0.15, 0.2) is 0 Å². The fourth-order valence-electron chi connectivity index (χ4n) is 3.96. The van der Waals surface area contributed by atoms with Gasteiger partial charge in [-0.3, -0.25) is 14.5 Å². The zero-order valence-corrected chi connectivity index (χ0v) is 18.3. The Kier molecular flexibility index (Phi) is 6.69. The first kappa shape index (κ1) is 21.8. The van der Waals surface area contributed by atoms with Crippen molar-refractivity contribution in [1.29, 1.82) is 5.26 Å². The van der Waals surface area contributed by atoms with Crippen LogP contribution in [0.2, 0.25) is 5.02 Å². The van der Waals surface area contributed by atoms with E-state index < -0.39 is 0 Å². The van der Waals surface area contributed by atoms with Crippen LogP contribution in [0.25, 0.3) is 0 Å². The van der Waals surface area contributed by atoms with Gasteiger partial charge in [0.05, 0.1) is 18.2 Å². The number of hydrogen-bond donors (Lipinski definition) is 0. The number of aromatic nitrogens is 1. The molecule has 3 aromatic rings. The van der Waals surface area contributed by atoms with E-state index in [1.165, 1.54) is 10.6 Å². The number of amides is 1. The summed E-state index contributed by atoms with van der Waals surface area (Å²) in [5, 5.41) is 10.2. The van der Waals surface area contributed by atoms with Crippen LogP contribution < -0.4 is 5.56 Å². The van der Waals surface area contributed by atoms with Crippen LogP contribution in [-0.2, 0) is 6.54 Å². The minimum Gasteiger partial charge on any atom is -0.336 e. The van der Waals surface area contributed by atoms with E-state index in [4.69, 9.17) is 11.6 Å². The number of pyridine rings is 1. The number of hydrogen-bond acceptors (Lipinski definition) is 4. The lowest BCUT2D eigenvalue weighted by Crippen LogP contribution is -2.49. The second-order valence-corrected chi connectivity index (χ2v) is 8.15. The van der Waals surface area contributed by atoms with Gasteiger partial charge < -0.3 is 9.47 Å². The first-order valence-electron chi connectivity index (χ1n) is 10.5. The van der Waals surface area contributed by atoms with Gasteiger partial charge in [-0.1, -0.05) is 60.1 Å². The van der Waals surface area contributed by atoms with E-state index in [-0.39, 0.29) is 17.5 Å². The van der Waals surface area contributed by atoms with Gasteiger partial charge in [-0.2, -0.15) is 5.26 Å². The number of piperazine rings is 1. The van der Waals surface area contributed by atoms with Gasteiger partial charge >= 0.3 is 0 Å². The number of carbonyl (C=O) groups excluding carboxylic acids is 1. The molecule has 0 bridgehead atoms. The number of rotatable bonds is 5. The standard InChI is InChI=1S/C25H23ClN4O2/c26-22-9-5-4-8-20(22)17-30-18-21(10-11-24(30)31)25(32)29-14-12-28(13-15-29)23(16-27)19-6-2-1-3-7-19/h1-11,18,23H,12-15,17H2. The summed E-state index contributed by atoms with van der Waals surface area (Å²) in [7, 11) is 0. The van der Waals surface area contributed by atoms with Gasteiger partial charge in [-0.05, 0) is 23.3 Å². The van der Waals surface area contributed by atoms with Crippen LogP contribution in [0.15, 0.2) is 77.7 Å². The maximum atomic E-state index is 13.1. The molecule has 7 heteroatoms. The molecule has 1 aliphatic rings. The van der Waals surface area contributed by atoms with Gasteiger partial charge in [0.2, 0.25) is 0 Å². The largest absolute Gasteiger partial charge is 0.336 e. The Labute approximate surface area is 191 Å². The fourth-order valence-corrected chi connectivity index (χ4v) is 4.16. The molecule has 2 aromatic carbocycles. The molecule has 2 heterocycles. The highest BCUT2D eigenvalue weighted by Gasteiger charge is 2.27. The van der Waals surface area contributed by atoms with Gasteiger partial charge in [-0.15, -0.1) is 0 Å². The second-order valence-electron chi connectivity index (χ2n) is 7.75. The minimum atomic E-state index is -0.328. The van der Waals surface area contributed by atoms with Crippen molar-refractivity contribution in [3.8, 4) is 6.07 Å². The third-order valence-corrected chi connectivity index (χ3v) is 6.10. The van der Waals surface area contributed by atoms with Gasteiger partial charge in [0, 0.05) is 43.5 Å². The molecular weight excluding hydrogens is 424 g/mol. The summed E-state index contributed by atoms with van der Waals surface area (Å²) >= 11 is 6.23. The van der Waals surface area contributed by atoms with E-state index in [0.29, 0.717) is 43.3 Å². The van der Waals surface area contributed by atoms with E-state index in [1.807, 2.05) is 48.5 Å². The number of halogens is 1. The Morgan fingerprint density at radius 3 is 2.34 bits per heavy atom. The van der Waals surface area contributed by atoms with Crippen LogP contribution in [0.1, 0.15) is 27.5 Å². The fraction of sp³-hybridized carbons (Fsp3) is 0.240. The predicted octanol–water partition coefficient (Wildman–Crippen LogP) is 3.57. The molecule has 4 rings (SSSR count). The highest BCUT2D eigenvalue weighted by molar-refractivity contribution is 6.31. The molecule has 0 spiro atoms. The molecule has 1 fully saturated rings. The molecule has 32 heavy (non-hydrogen) atoms. The maximum absolute atomic E-state index is 13.1. The van der Waals surface area contributed by atoms with Gasteiger partial charge in [0.25, 0.3) is 11.5 Å². The first-order chi connectivity index (χ1) is 15.6. The molecule has 0 saturated carbocycles. The lowest BCUT2D eigenvalue weighted by Gasteiger charge is -2.37. The van der Waals surface area contributed by atoms with Crippen LogP contribution in [0, 0.1) is 11.3 Å². The van der Waals surface area contributed by atoms with Crippen molar-refractivity contribution in [2.75, 3.05) is 26.2 Å². The summed E-state index contributed by atoms with van der Waals surface area (Å²) < 4.78 is 1.51. The summed E-state index contributed by atoms with van der Waals surface area (Å²) in [5.74, 6) is -0.120. The average Bonchev–Trinajstić information content (AvgIpc) is 2.83. The van der Waals surface area contributed by atoms with Crippen LogP contribution in [0.5, 0.6) is 0 Å². The third-order valence-electron chi connectivity index (χ3n) is 5.73. The topological polar surface area (TPSA) is 69.3 Å². The minimum absolute atomic E-state index is 0.120. The van der Waals surface area contributed by atoms with Gasteiger partial charge in [0.1, 0.15) is 6.04 Å². The number of nitrogens with zero attached hydrogens (tertiary/aromatic N) is 4. The normalized spacial score (nSPS) is 15.2. The Morgan fingerprint density at radius 2 is 1.66 bits per heavy atom. The molecule has 1 unspecified atom stereocenters. The molecule has 0 aliphatic carbocycles. The second kappa shape index (κ2) is 9.82. The van der Waals surface area contributed by atoms with E-state index in [9.17, 15) is 14.9 Å². The molecule has 1 atom stereocenters. The van der Waals surface area contributed by atoms with Crippen molar-refractivity contribution in [2.24, 2.45) is 0 Å². The van der Waals surface area contributed by atoms with Crippen molar-refractivity contribution in [3.05, 3.63) is 105 Å². The highest BCUT2D eigenvalue weighted by atomic mass is 35.5. The number of benzene rings is 2. The SMILES string of the molecule is N#CC(c1ccccc1)N1CCN(C(=O)c2ccc(=O)n(Cc3ccccc3Cl)c2)CC1. The number of carbonyl (C=O) groups is 1. The molecule has 6 nitrogen and oxygen atoms in total. The summed E-state index contributed by atoms with van der Waals surface area (Å²) in [6.45, 7) is 2.56. The lowest BCUT2D eigenvalue weighted by atomic mass is 10.1. The molecule has 1 aromatic heterocycles. The van der Waals surface area contributed by atoms with Crippen molar-refractivity contribution >= 4 is 17.5 Å². The van der Waals surface area contributed by atoms with Crippen molar-refractivity contribution < 1.29 is 4.79 Å². The summed E-state index contributed by atoms with van der Waals surface area (Å²) in [5.41, 5.74) is 2.05. The Hall–Kier alpha value is -3.40. The Balaban J connectivity index is 1.45. The van der Waals surface area contributed by atoms with Crippen LogP contribution in [0.4, 0.5) is 0 Å². The molecule has 0 N–H and O–H groups in total. The van der Waals surface area contributed by atoms with Crippen molar-refractivity contribution in [3.63, 3.8) is 0 Å².